The second kappa shape index (κ2) is 6.79. The molecule has 8 heteroatoms. The van der Waals surface area contributed by atoms with E-state index in [4.69, 9.17) is 4.74 Å². The fourth-order valence-corrected chi connectivity index (χ4v) is 3.51. The van der Waals surface area contributed by atoms with Gasteiger partial charge in [-0.2, -0.15) is 5.10 Å². The molecule has 2 fully saturated rings. The summed E-state index contributed by atoms with van der Waals surface area (Å²) >= 11 is 0. The maximum atomic E-state index is 12.7. The van der Waals surface area contributed by atoms with E-state index in [1.54, 1.807) is 12.1 Å². The largest absolute Gasteiger partial charge is 0.377 e. The SMILES string of the molecule is O=C(NC1COCC1n1nc(C2CC2)ccc1=O)c1cnc2ccccc2n1. The molecular weight excluding hydrogens is 358 g/mol. The maximum absolute atomic E-state index is 12.7. The maximum Gasteiger partial charge on any atom is 0.271 e. The molecule has 1 saturated heterocycles. The van der Waals surface area contributed by atoms with Gasteiger partial charge in [-0.15, -0.1) is 0 Å². The van der Waals surface area contributed by atoms with E-state index in [0.717, 1.165) is 24.1 Å². The molecule has 1 N–H and O–H groups in total. The predicted molar refractivity (Wildman–Crippen MR) is 101 cm³/mol. The molecule has 0 spiro atoms. The molecule has 0 bridgehead atoms. The van der Waals surface area contributed by atoms with Crippen molar-refractivity contribution >= 4 is 16.9 Å². The zero-order chi connectivity index (χ0) is 19.1. The molecule has 0 radical (unpaired) electrons. The molecule has 1 aromatic carbocycles. The summed E-state index contributed by atoms with van der Waals surface area (Å²) in [5.41, 5.74) is 2.36. The second-order valence-electron chi connectivity index (χ2n) is 7.24. The number of fused-ring (bicyclic) bond motifs is 1. The van der Waals surface area contributed by atoms with Crippen LogP contribution in [0.3, 0.4) is 0 Å². The molecule has 3 aromatic rings. The number of aromatic nitrogens is 4. The Morgan fingerprint density at radius 2 is 1.93 bits per heavy atom. The number of nitrogens with zero attached hydrogens (tertiary/aromatic N) is 4. The molecule has 1 saturated carbocycles. The Kier molecular flexibility index (Phi) is 4.12. The van der Waals surface area contributed by atoms with Crippen LogP contribution in [0.25, 0.3) is 11.0 Å². The number of ether oxygens (including phenoxy) is 1. The van der Waals surface area contributed by atoms with Crippen molar-refractivity contribution in [1.82, 2.24) is 25.1 Å². The van der Waals surface area contributed by atoms with Gasteiger partial charge >= 0.3 is 0 Å². The standard InChI is InChI=1S/C20H19N5O3/c26-19-8-7-13(12-5-6-12)24-25(19)18-11-28-10-17(18)23-20(27)16-9-21-14-3-1-2-4-15(14)22-16/h1-4,7-9,12,17-18H,5-6,10-11H2,(H,23,27). The number of carbonyl (C=O) groups is 1. The van der Waals surface area contributed by atoms with Crippen molar-refractivity contribution < 1.29 is 9.53 Å². The molecule has 1 amide bonds. The minimum absolute atomic E-state index is 0.190. The molecule has 5 rings (SSSR count). The Balaban J connectivity index is 1.38. The number of carbonyl (C=O) groups excluding carboxylic acids is 1. The minimum atomic E-state index is -0.361. The highest BCUT2D eigenvalue weighted by atomic mass is 16.5. The van der Waals surface area contributed by atoms with E-state index in [1.807, 2.05) is 24.3 Å². The highest BCUT2D eigenvalue weighted by molar-refractivity contribution is 5.94. The van der Waals surface area contributed by atoms with E-state index in [1.165, 1.54) is 10.9 Å². The summed E-state index contributed by atoms with van der Waals surface area (Å²) in [6.45, 7) is 0.647. The van der Waals surface area contributed by atoms with Crippen LogP contribution in [0.4, 0.5) is 0 Å². The normalized spacial score (nSPS) is 21.7. The number of amides is 1. The Morgan fingerprint density at radius 1 is 1.11 bits per heavy atom. The molecule has 1 aliphatic heterocycles. The number of para-hydroxylation sites is 2. The summed E-state index contributed by atoms with van der Waals surface area (Å²) in [6.07, 6.45) is 3.67. The molecular formula is C20H19N5O3. The van der Waals surface area contributed by atoms with Crippen LogP contribution in [-0.2, 0) is 4.74 Å². The third kappa shape index (κ3) is 3.16. The monoisotopic (exact) mass is 377 g/mol. The first-order chi connectivity index (χ1) is 13.7. The van der Waals surface area contributed by atoms with Crippen molar-refractivity contribution in [3.63, 3.8) is 0 Å². The lowest BCUT2D eigenvalue weighted by Gasteiger charge is -2.20. The number of hydrogen-bond acceptors (Lipinski definition) is 6. The lowest BCUT2D eigenvalue weighted by atomic mass is 10.1. The number of hydrogen-bond donors (Lipinski definition) is 1. The summed E-state index contributed by atoms with van der Waals surface area (Å²) < 4.78 is 7.01. The van der Waals surface area contributed by atoms with E-state index >= 15 is 0 Å². The van der Waals surface area contributed by atoms with E-state index in [0.29, 0.717) is 24.6 Å². The van der Waals surface area contributed by atoms with Crippen LogP contribution in [0.2, 0.25) is 0 Å². The number of rotatable bonds is 4. The zero-order valence-electron chi connectivity index (χ0n) is 15.1. The third-order valence-electron chi connectivity index (χ3n) is 5.20. The van der Waals surface area contributed by atoms with Crippen LogP contribution in [0.5, 0.6) is 0 Å². The molecule has 1 aliphatic carbocycles. The lowest BCUT2D eigenvalue weighted by molar-refractivity contribution is 0.0919. The quantitative estimate of drug-likeness (QED) is 0.739. The van der Waals surface area contributed by atoms with Gasteiger partial charge in [0.15, 0.2) is 0 Å². The smallest absolute Gasteiger partial charge is 0.271 e. The third-order valence-corrected chi connectivity index (χ3v) is 5.20. The van der Waals surface area contributed by atoms with Crippen molar-refractivity contribution in [3.05, 3.63) is 64.3 Å². The highest BCUT2D eigenvalue weighted by Crippen LogP contribution is 2.38. The number of benzene rings is 1. The van der Waals surface area contributed by atoms with Crippen LogP contribution in [-0.4, -0.2) is 44.9 Å². The van der Waals surface area contributed by atoms with Crippen molar-refractivity contribution in [2.75, 3.05) is 13.2 Å². The van der Waals surface area contributed by atoms with Gasteiger partial charge in [0.2, 0.25) is 0 Å². The molecule has 2 aromatic heterocycles. The topological polar surface area (TPSA) is 99.0 Å². The fourth-order valence-electron chi connectivity index (χ4n) is 3.51. The van der Waals surface area contributed by atoms with Crippen LogP contribution in [0, 0.1) is 0 Å². The summed E-state index contributed by atoms with van der Waals surface area (Å²) in [5.74, 6) is 0.0974. The van der Waals surface area contributed by atoms with E-state index in [9.17, 15) is 9.59 Å². The lowest BCUT2D eigenvalue weighted by Crippen LogP contribution is -2.44. The van der Waals surface area contributed by atoms with Crippen LogP contribution in [0.15, 0.2) is 47.4 Å². The summed E-state index contributed by atoms with van der Waals surface area (Å²) in [4.78, 5) is 33.7. The van der Waals surface area contributed by atoms with Gasteiger partial charge in [-0.1, -0.05) is 12.1 Å². The molecule has 2 aliphatic rings. The average molecular weight is 377 g/mol. The molecule has 3 heterocycles. The van der Waals surface area contributed by atoms with Crippen LogP contribution < -0.4 is 10.9 Å². The van der Waals surface area contributed by atoms with Crippen molar-refractivity contribution in [3.8, 4) is 0 Å². The first-order valence-electron chi connectivity index (χ1n) is 9.39. The first-order valence-corrected chi connectivity index (χ1v) is 9.39. The predicted octanol–water partition coefficient (Wildman–Crippen LogP) is 1.43. The Labute approximate surface area is 160 Å². The minimum Gasteiger partial charge on any atom is -0.377 e. The number of nitrogens with one attached hydrogen (secondary N) is 1. The summed E-state index contributed by atoms with van der Waals surface area (Å²) in [7, 11) is 0. The average Bonchev–Trinajstić information content (AvgIpc) is 3.47. The van der Waals surface area contributed by atoms with Gasteiger partial charge in [0.1, 0.15) is 11.7 Å². The van der Waals surface area contributed by atoms with E-state index in [-0.39, 0.29) is 29.2 Å². The molecule has 142 valence electrons. The Hall–Kier alpha value is -3.13. The second-order valence-corrected chi connectivity index (χ2v) is 7.24. The van der Waals surface area contributed by atoms with E-state index < -0.39 is 0 Å². The molecule has 2 unspecified atom stereocenters. The summed E-state index contributed by atoms with van der Waals surface area (Å²) in [5, 5.41) is 7.47. The molecule has 2 atom stereocenters. The van der Waals surface area contributed by atoms with Gasteiger partial charge in [-0.3, -0.25) is 14.6 Å². The van der Waals surface area contributed by atoms with Gasteiger partial charge < -0.3 is 10.1 Å². The first kappa shape index (κ1) is 17.0. The fraction of sp³-hybridized carbons (Fsp3) is 0.350. The summed E-state index contributed by atoms with van der Waals surface area (Å²) in [6, 6.07) is 10.0. The van der Waals surface area contributed by atoms with Crippen LogP contribution in [0.1, 0.15) is 41.0 Å². The zero-order valence-corrected chi connectivity index (χ0v) is 15.1. The van der Waals surface area contributed by atoms with Crippen molar-refractivity contribution in [2.24, 2.45) is 0 Å². The van der Waals surface area contributed by atoms with Gasteiger partial charge in [0, 0.05) is 12.0 Å². The van der Waals surface area contributed by atoms with Crippen molar-refractivity contribution in [1.29, 1.82) is 0 Å². The Morgan fingerprint density at radius 3 is 2.75 bits per heavy atom. The van der Waals surface area contributed by atoms with E-state index in [2.05, 4.69) is 20.4 Å². The van der Waals surface area contributed by atoms with Gasteiger partial charge in [-0.25, -0.2) is 9.67 Å². The van der Waals surface area contributed by atoms with Gasteiger partial charge in [0.25, 0.3) is 11.5 Å². The highest BCUT2D eigenvalue weighted by Gasteiger charge is 2.34. The van der Waals surface area contributed by atoms with Crippen molar-refractivity contribution in [2.45, 2.75) is 30.8 Å². The molecule has 28 heavy (non-hydrogen) atoms. The Bertz CT molecular complexity index is 1110. The molecule has 8 nitrogen and oxygen atoms in total. The van der Waals surface area contributed by atoms with Gasteiger partial charge in [0.05, 0.1) is 42.2 Å². The van der Waals surface area contributed by atoms with Crippen LogP contribution >= 0.6 is 0 Å². The van der Waals surface area contributed by atoms with Gasteiger partial charge in [-0.05, 0) is 31.0 Å².